The number of unbranched alkanes of at least 4 members (excludes halogenated alkanes) is 14. The zero-order valence-electron chi connectivity index (χ0n) is 35.8. The van der Waals surface area contributed by atoms with E-state index in [1.165, 1.54) is 44.9 Å². The molecule has 0 aliphatic carbocycles. The predicted octanol–water partition coefficient (Wildman–Crippen LogP) is 10.1. The van der Waals surface area contributed by atoms with E-state index in [9.17, 15) is 25.2 Å². The summed E-state index contributed by atoms with van der Waals surface area (Å²) < 4.78 is 22.8. The van der Waals surface area contributed by atoms with Gasteiger partial charge in [-0.1, -0.05) is 145 Å². The summed E-state index contributed by atoms with van der Waals surface area (Å²) in [6.45, 7) is 4.37. The van der Waals surface area contributed by atoms with Crippen molar-refractivity contribution in [2.45, 2.75) is 198 Å². The molecular formula is C48H82O9. The second kappa shape index (κ2) is 39.1. The molecule has 1 heterocycles. The molecule has 0 aromatic rings. The van der Waals surface area contributed by atoms with Gasteiger partial charge >= 0.3 is 5.97 Å². The Balaban J connectivity index is 2.29. The van der Waals surface area contributed by atoms with Crippen LogP contribution in [0.2, 0.25) is 0 Å². The first kappa shape index (κ1) is 52.6. The maximum atomic E-state index is 12.8. The van der Waals surface area contributed by atoms with E-state index in [-0.39, 0.29) is 19.2 Å². The van der Waals surface area contributed by atoms with Gasteiger partial charge < -0.3 is 39.4 Å². The van der Waals surface area contributed by atoms with Gasteiger partial charge in [-0.3, -0.25) is 4.79 Å². The number of hydrogen-bond acceptors (Lipinski definition) is 9. The van der Waals surface area contributed by atoms with Crippen molar-refractivity contribution in [3.63, 3.8) is 0 Å². The van der Waals surface area contributed by atoms with Crippen LogP contribution < -0.4 is 0 Å². The molecule has 0 bridgehead atoms. The van der Waals surface area contributed by atoms with Crippen LogP contribution in [0.15, 0.2) is 72.9 Å². The third-order valence-corrected chi connectivity index (χ3v) is 9.86. The summed E-state index contributed by atoms with van der Waals surface area (Å²) in [5, 5.41) is 40.1. The molecule has 9 heteroatoms. The van der Waals surface area contributed by atoms with Crippen LogP contribution in [0, 0.1) is 0 Å². The summed E-state index contributed by atoms with van der Waals surface area (Å²) in [5.74, 6) is -0.337. The predicted molar refractivity (Wildman–Crippen MR) is 233 cm³/mol. The molecule has 6 unspecified atom stereocenters. The van der Waals surface area contributed by atoms with E-state index < -0.39 is 43.4 Å². The van der Waals surface area contributed by atoms with E-state index in [2.05, 4.69) is 86.8 Å². The van der Waals surface area contributed by atoms with Crippen LogP contribution in [0.5, 0.6) is 0 Å². The maximum Gasteiger partial charge on any atom is 0.306 e. The Morgan fingerprint density at radius 1 is 0.579 bits per heavy atom. The number of rotatable bonds is 37. The molecule has 0 radical (unpaired) electrons. The van der Waals surface area contributed by atoms with E-state index in [0.29, 0.717) is 13.0 Å². The molecular weight excluding hydrogens is 721 g/mol. The second-order valence-corrected chi connectivity index (χ2v) is 15.1. The van der Waals surface area contributed by atoms with Gasteiger partial charge in [0.1, 0.15) is 30.5 Å². The largest absolute Gasteiger partial charge is 0.457 e. The van der Waals surface area contributed by atoms with Crippen LogP contribution >= 0.6 is 0 Å². The fourth-order valence-electron chi connectivity index (χ4n) is 6.33. The van der Waals surface area contributed by atoms with Gasteiger partial charge in [-0.2, -0.15) is 0 Å². The molecule has 0 spiro atoms. The number of carbonyl (C=O) groups excluding carboxylic acids is 1. The number of carbonyl (C=O) groups is 1. The van der Waals surface area contributed by atoms with E-state index in [1.54, 1.807) is 0 Å². The van der Waals surface area contributed by atoms with Crippen molar-refractivity contribution in [1.82, 2.24) is 0 Å². The first-order chi connectivity index (χ1) is 27.9. The molecule has 0 amide bonds. The normalized spacial score (nSPS) is 21.1. The van der Waals surface area contributed by atoms with Gasteiger partial charge in [0, 0.05) is 13.0 Å². The first-order valence-corrected chi connectivity index (χ1v) is 22.5. The fraction of sp³-hybridized carbons (Fsp3) is 0.729. The minimum Gasteiger partial charge on any atom is -0.457 e. The summed E-state index contributed by atoms with van der Waals surface area (Å²) in [7, 11) is 0. The molecule has 9 nitrogen and oxygen atoms in total. The highest BCUT2D eigenvalue weighted by Gasteiger charge is 2.44. The number of aliphatic hydroxyl groups excluding tert-OH is 4. The lowest BCUT2D eigenvalue weighted by atomic mass is 9.99. The van der Waals surface area contributed by atoms with Gasteiger partial charge in [0.05, 0.1) is 19.8 Å². The number of aliphatic hydroxyl groups is 4. The van der Waals surface area contributed by atoms with Crippen LogP contribution in [-0.4, -0.2) is 89.6 Å². The smallest absolute Gasteiger partial charge is 0.306 e. The van der Waals surface area contributed by atoms with Gasteiger partial charge in [0.25, 0.3) is 0 Å². The molecule has 1 fully saturated rings. The number of esters is 1. The molecule has 328 valence electrons. The van der Waals surface area contributed by atoms with Crippen molar-refractivity contribution in [1.29, 1.82) is 0 Å². The maximum absolute atomic E-state index is 12.8. The van der Waals surface area contributed by atoms with E-state index in [0.717, 1.165) is 96.3 Å². The number of hydrogen-bond donors (Lipinski definition) is 4. The van der Waals surface area contributed by atoms with Crippen molar-refractivity contribution in [3.05, 3.63) is 72.9 Å². The Labute approximate surface area is 347 Å². The summed E-state index contributed by atoms with van der Waals surface area (Å²) in [6.07, 6.45) is 43.5. The zero-order chi connectivity index (χ0) is 41.4. The summed E-state index contributed by atoms with van der Waals surface area (Å²) in [4.78, 5) is 12.8. The number of allylic oxidation sites excluding steroid dienone is 12. The second-order valence-electron chi connectivity index (χ2n) is 15.1. The van der Waals surface area contributed by atoms with Crippen LogP contribution in [0.3, 0.4) is 0 Å². The molecule has 0 saturated carbocycles. The molecule has 1 aliphatic heterocycles. The summed E-state index contributed by atoms with van der Waals surface area (Å²) >= 11 is 0. The van der Waals surface area contributed by atoms with Gasteiger partial charge in [-0.25, -0.2) is 0 Å². The summed E-state index contributed by atoms with van der Waals surface area (Å²) in [5.41, 5.74) is 0. The highest BCUT2D eigenvalue weighted by molar-refractivity contribution is 5.69. The van der Waals surface area contributed by atoms with Crippen molar-refractivity contribution in [3.8, 4) is 0 Å². The average molecular weight is 803 g/mol. The molecule has 6 atom stereocenters. The van der Waals surface area contributed by atoms with E-state index in [1.807, 2.05) is 0 Å². The lowest BCUT2D eigenvalue weighted by Crippen LogP contribution is -2.59. The lowest BCUT2D eigenvalue weighted by molar-refractivity contribution is -0.305. The molecule has 1 aliphatic rings. The molecule has 0 aromatic carbocycles. The summed E-state index contributed by atoms with van der Waals surface area (Å²) in [6, 6.07) is 0. The van der Waals surface area contributed by atoms with Gasteiger partial charge in [0.15, 0.2) is 6.29 Å². The van der Waals surface area contributed by atoms with Crippen LogP contribution in [0.4, 0.5) is 0 Å². The third kappa shape index (κ3) is 30.4. The molecule has 57 heavy (non-hydrogen) atoms. The zero-order valence-corrected chi connectivity index (χ0v) is 35.8. The highest BCUT2D eigenvalue weighted by atomic mass is 16.7. The monoisotopic (exact) mass is 803 g/mol. The Hall–Kier alpha value is -2.37. The SMILES string of the molecule is CC/C=C\C/C=C\C/C=C\C/C=C\C/C=C\CCCCCCCC(=O)OC(COCCCCCCCC/C=C\CCCCC)COC1OC(CO)C(O)C(O)C1O. The average Bonchev–Trinajstić information content (AvgIpc) is 3.21. The van der Waals surface area contributed by atoms with Crippen LogP contribution in [-0.2, 0) is 23.7 Å². The Bertz CT molecular complexity index is 1100. The Morgan fingerprint density at radius 3 is 1.63 bits per heavy atom. The molecule has 1 saturated heterocycles. The molecule has 4 N–H and O–H groups in total. The topological polar surface area (TPSA) is 135 Å². The minimum absolute atomic E-state index is 0.128. The lowest BCUT2D eigenvalue weighted by Gasteiger charge is -2.39. The standard InChI is InChI=1S/C48H82O9/c1-3-5-7-9-11-13-15-17-18-19-20-21-22-23-24-25-27-29-31-33-35-37-44(50)56-42(41-55-48-47(53)46(52)45(51)43(39-49)57-48)40-54-38-36-34-32-30-28-26-16-14-12-10-8-6-4-2/h5,7,11-14,17-18,20-21,23-24,42-43,45-49,51-53H,3-4,6,8-10,15-16,19,22,25-41H2,1-2H3/b7-5-,13-11-,14-12-,18-17-,21-20-,24-23-. The van der Waals surface area contributed by atoms with Crippen LogP contribution in [0.25, 0.3) is 0 Å². The van der Waals surface area contributed by atoms with Crippen molar-refractivity contribution in [2.24, 2.45) is 0 Å². The van der Waals surface area contributed by atoms with Gasteiger partial charge in [-0.05, 0) is 83.5 Å². The fourth-order valence-corrected chi connectivity index (χ4v) is 6.33. The quantitative estimate of drug-likeness (QED) is 0.0275. The highest BCUT2D eigenvalue weighted by Crippen LogP contribution is 2.22. The Kier molecular flexibility index (Phi) is 36.1. The van der Waals surface area contributed by atoms with Crippen molar-refractivity contribution in [2.75, 3.05) is 26.4 Å². The minimum atomic E-state index is -1.54. The van der Waals surface area contributed by atoms with Crippen molar-refractivity contribution >= 4 is 5.97 Å². The van der Waals surface area contributed by atoms with Crippen LogP contribution in [0.1, 0.15) is 162 Å². The van der Waals surface area contributed by atoms with E-state index >= 15 is 0 Å². The van der Waals surface area contributed by atoms with E-state index in [4.69, 9.17) is 18.9 Å². The molecule has 1 rings (SSSR count). The number of ether oxygens (including phenoxy) is 4. The first-order valence-electron chi connectivity index (χ1n) is 22.5. The Morgan fingerprint density at radius 2 is 1.07 bits per heavy atom. The molecule has 0 aromatic heterocycles. The van der Waals surface area contributed by atoms with Gasteiger partial charge in [-0.15, -0.1) is 0 Å². The van der Waals surface area contributed by atoms with Crippen molar-refractivity contribution < 1.29 is 44.2 Å². The third-order valence-electron chi connectivity index (χ3n) is 9.86. The van der Waals surface area contributed by atoms with Gasteiger partial charge in [0.2, 0.25) is 0 Å².